The van der Waals surface area contributed by atoms with Gasteiger partial charge in [-0.15, -0.1) is 0 Å². The van der Waals surface area contributed by atoms with Crippen LogP contribution in [-0.4, -0.2) is 10.1 Å². The first-order valence-electron chi connectivity index (χ1n) is 6.07. The molecule has 1 N–H and O–H groups in total. The first kappa shape index (κ1) is 13.5. The SMILES string of the molecule is Cc1ccc(OCc2cncc(F)c2)c(C(C)O)c1. The average Bonchev–Trinajstić information content (AvgIpc) is 2.37. The fraction of sp³-hybridized carbons (Fsp3) is 0.267. The number of aliphatic hydroxyl groups is 1. The number of aromatic nitrogens is 1. The Morgan fingerprint density at radius 3 is 2.79 bits per heavy atom. The Morgan fingerprint density at radius 2 is 2.11 bits per heavy atom. The van der Waals surface area contributed by atoms with E-state index >= 15 is 0 Å². The fourth-order valence-corrected chi connectivity index (χ4v) is 1.82. The molecule has 2 rings (SSSR count). The number of rotatable bonds is 4. The fourth-order valence-electron chi connectivity index (χ4n) is 1.82. The van der Waals surface area contributed by atoms with Crippen LogP contribution in [0.4, 0.5) is 4.39 Å². The summed E-state index contributed by atoms with van der Waals surface area (Å²) in [6.45, 7) is 3.85. The molecular formula is C15H16FNO2. The Kier molecular flexibility index (Phi) is 4.12. The van der Waals surface area contributed by atoms with Crippen LogP contribution < -0.4 is 4.74 Å². The van der Waals surface area contributed by atoms with Crippen LogP contribution in [0.25, 0.3) is 0 Å². The number of hydrogen-bond donors (Lipinski definition) is 1. The van der Waals surface area contributed by atoms with E-state index in [0.717, 1.165) is 17.3 Å². The smallest absolute Gasteiger partial charge is 0.141 e. The van der Waals surface area contributed by atoms with E-state index in [0.29, 0.717) is 11.3 Å². The zero-order chi connectivity index (χ0) is 13.8. The van der Waals surface area contributed by atoms with E-state index in [4.69, 9.17) is 4.74 Å². The third-order valence-corrected chi connectivity index (χ3v) is 2.77. The molecule has 0 fully saturated rings. The molecule has 3 nitrogen and oxygen atoms in total. The normalized spacial score (nSPS) is 12.2. The third-order valence-electron chi connectivity index (χ3n) is 2.77. The van der Waals surface area contributed by atoms with Gasteiger partial charge in [-0.25, -0.2) is 4.39 Å². The lowest BCUT2D eigenvalue weighted by molar-refractivity contribution is 0.190. The molecule has 0 saturated carbocycles. The molecule has 0 radical (unpaired) electrons. The van der Waals surface area contributed by atoms with Gasteiger partial charge in [-0.05, 0) is 32.0 Å². The van der Waals surface area contributed by atoms with Crippen LogP contribution in [0, 0.1) is 12.7 Å². The number of ether oxygens (including phenoxy) is 1. The summed E-state index contributed by atoms with van der Waals surface area (Å²) in [6, 6.07) is 6.97. The van der Waals surface area contributed by atoms with Crippen molar-refractivity contribution in [2.45, 2.75) is 26.6 Å². The zero-order valence-electron chi connectivity index (χ0n) is 10.9. The summed E-state index contributed by atoms with van der Waals surface area (Å²) in [7, 11) is 0. The maximum Gasteiger partial charge on any atom is 0.141 e. The van der Waals surface area contributed by atoms with Crippen LogP contribution in [-0.2, 0) is 6.61 Å². The van der Waals surface area contributed by atoms with Gasteiger partial charge in [0.25, 0.3) is 0 Å². The van der Waals surface area contributed by atoms with Crippen LogP contribution >= 0.6 is 0 Å². The summed E-state index contributed by atoms with van der Waals surface area (Å²) >= 11 is 0. The minimum absolute atomic E-state index is 0.216. The third kappa shape index (κ3) is 3.51. The van der Waals surface area contributed by atoms with E-state index in [1.165, 1.54) is 6.07 Å². The molecule has 4 heteroatoms. The van der Waals surface area contributed by atoms with Crippen molar-refractivity contribution >= 4 is 0 Å². The highest BCUT2D eigenvalue weighted by Gasteiger charge is 2.09. The molecule has 1 heterocycles. The van der Waals surface area contributed by atoms with E-state index in [9.17, 15) is 9.50 Å². The minimum atomic E-state index is -0.611. The van der Waals surface area contributed by atoms with Gasteiger partial charge in [-0.2, -0.15) is 0 Å². The van der Waals surface area contributed by atoms with Crippen molar-refractivity contribution in [1.29, 1.82) is 0 Å². The van der Waals surface area contributed by atoms with Crippen molar-refractivity contribution in [1.82, 2.24) is 4.98 Å². The summed E-state index contributed by atoms with van der Waals surface area (Å²) in [4.78, 5) is 3.76. The van der Waals surface area contributed by atoms with E-state index in [1.807, 2.05) is 25.1 Å². The molecular weight excluding hydrogens is 245 g/mol. The highest BCUT2D eigenvalue weighted by atomic mass is 19.1. The van der Waals surface area contributed by atoms with Gasteiger partial charge >= 0.3 is 0 Å². The van der Waals surface area contributed by atoms with Gasteiger partial charge in [0.1, 0.15) is 18.2 Å². The average molecular weight is 261 g/mol. The van der Waals surface area contributed by atoms with Gasteiger partial charge in [0.05, 0.1) is 12.3 Å². The second kappa shape index (κ2) is 5.80. The molecule has 1 atom stereocenters. The van der Waals surface area contributed by atoms with Crippen molar-refractivity contribution in [2.75, 3.05) is 0 Å². The number of benzene rings is 1. The number of aryl methyl sites for hydroxylation is 1. The standard InChI is InChI=1S/C15H16FNO2/c1-10-3-4-15(14(5-10)11(2)18)19-9-12-6-13(16)8-17-7-12/h3-8,11,18H,9H2,1-2H3. The van der Waals surface area contributed by atoms with Crippen LogP contribution in [0.2, 0.25) is 0 Å². The molecule has 19 heavy (non-hydrogen) atoms. The Morgan fingerprint density at radius 1 is 1.32 bits per heavy atom. The predicted molar refractivity (Wildman–Crippen MR) is 70.3 cm³/mol. The maximum absolute atomic E-state index is 13.0. The second-order valence-corrected chi connectivity index (χ2v) is 4.52. The number of hydrogen-bond acceptors (Lipinski definition) is 3. The molecule has 0 saturated heterocycles. The van der Waals surface area contributed by atoms with Gasteiger partial charge in [0.15, 0.2) is 0 Å². The predicted octanol–water partition coefficient (Wildman–Crippen LogP) is 3.16. The van der Waals surface area contributed by atoms with Crippen LogP contribution in [0.1, 0.15) is 29.7 Å². The molecule has 1 aromatic heterocycles. The van der Waals surface area contributed by atoms with E-state index in [2.05, 4.69) is 4.98 Å². The largest absolute Gasteiger partial charge is 0.488 e. The van der Waals surface area contributed by atoms with Crippen molar-refractivity contribution in [3.63, 3.8) is 0 Å². The Balaban J connectivity index is 2.15. The van der Waals surface area contributed by atoms with Crippen LogP contribution in [0.5, 0.6) is 5.75 Å². The molecule has 0 aliphatic rings. The van der Waals surface area contributed by atoms with Gasteiger partial charge in [-0.3, -0.25) is 4.98 Å². The lowest BCUT2D eigenvalue weighted by Crippen LogP contribution is -2.02. The molecule has 1 unspecified atom stereocenters. The number of pyridine rings is 1. The van der Waals surface area contributed by atoms with E-state index < -0.39 is 6.10 Å². The topological polar surface area (TPSA) is 42.4 Å². The molecule has 100 valence electrons. The van der Waals surface area contributed by atoms with Crippen molar-refractivity contribution in [3.05, 3.63) is 59.2 Å². The second-order valence-electron chi connectivity index (χ2n) is 4.52. The summed E-state index contributed by atoms with van der Waals surface area (Å²) in [6.07, 6.45) is 2.09. The number of nitrogens with zero attached hydrogens (tertiary/aromatic N) is 1. The van der Waals surface area contributed by atoms with Crippen molar-refractivity contribution in [3.8, 4) is 5.75 Å². The van der Waals surface area contributed by atoms with E-state index in [-0.39, 0.29) is 12.4 Å². The van der Waals surface area contributed by atoms with Gasteiger partial charge < -0.3 is 9.84 Å². The highest BCUT2D eigenvalue weighted by molar-refractivity contribution is 5.38. The van der Waals surface area contributed by atoms with Crippen LogP contribution in [0.15, 0.2) is 36.7 Å². The lowest BCUT2D eigenvalue weighted by atomic mass is 10.1. The minimum Gasteiger partial charge on any atom is -0.488 e. The lowest BCUT2D eigenvalue weighted by Gasteiger charge is -2.14. The Hall–Kier alpha value is -1.94. The molecule has 0 amide bonds. The monoisotopic (exact) mass is 261 g/mol. The molecule has 1 aromatic carbocycles. The van der Waals surface area contributed by atoms with Crippen molar-refractivity contribution in [2.24, 2.45) is 0 Å². The molecule has 0 aliphatic carbocycles. The summed E-state index contributed by atoms with van der Waals surface area (Å²) in [5, 5.41) is 9.72. The number of aliphatic hydroxyl groups excluding tert-OH is 1. The first-order chi connectivity index (χ1) is 9.06. The quantitative estimate of drug-likeness (QED) is 0.919. The number of halogens is 1. The van der Waals surface area contributed by atoms with Crippen LogP contribution in [0.3, 0.4) is 0 Å². The van der Waals surface area contributed by atoms with Gasteiger partial charge in [-0.1, -0.05) is 11.6 Å². The molecule has 0 aliphatic heterocycles. The summed E-state index contributed by atoms with van der Waals surface area (Å²) in [5.74, 6) is 0.214. The Bertz CT molecular complexity index is 570. The highest BCUT2D eigenvalue weighted by Crippen LogP contribution is 2.26. The Labute approximate surface area is 111 Å². The molecule has 0 bridgehead atoms. The van der Waals surface area contributed by atoms with Gasteiger partial charge in [0.2, 0.25) is 0 Å². The summed E-state index contributed by atoms with van der Waals surface area (Å²) in [5.41, 5.74) is 2.43. The molecule has 0 spiro atoms. The first-order valence-corrected chi connectivity index (χ1v) is 6.07. The molecule has 2 aromatic rings. The van der Waals surface area contributed by atoms with Gasteiger partial charge in [0, 0.05) is 17.3 Å². The zero-order valence-corrected chi connectivity index (χ0v) is 10.9. The summed E-state index contributed by atoms with van der Waals surface area (Å²) < 4.78 is 18.6. The van der Waals surface area contributed by atoms with Crippen molar-refractivity contribution < 1.29 is 14.2 Å². The maximum atomic E-state index is 13.0. The van der Waals surface area contributed by atoms with E-state index in [1.54, 1.807) is 13.1 Å².